The van der Waals surface area contributed by atoms with Gasteiger partial charge in [0.1, 0.15) is 5.41 Å². The molecule has 1 aromatic rings. The van der Waals surface area contributed by atoms with Crippen LogP contribution >= 0.6 is 15.9 Å². The van der Waals surface area contributed by atoms with Crippen molar-refractivity contribution in [2.45, 2.75) is 26.7 Å². The van der Waals surface area contributed by atoms with E-state index in [9.17, 15) is 9.59 Å². The van der Waals surface area contributed by atoms with Gasteiger partial charge in [-0.1, -0.05) is 22.0 Å². The fraction of sp³-hybridized carbons (Fsp3) is 0.467. The second kappa shape index (κ2) is 5.95. The first-order chi connectivity index (χ1) is 9.41. The Morgan fingerprint density at radius 2 is 1.90 bits per heavy atom. The summed E-state index contributed by atoms with van der Waals surface area (Å²) in [4.78, 5) is 26.6. The van der Waals surface area contributed by atoms with Gasteiger partial charge in [-0.05, 0) is 44.9 Å². The van der Waals surface area contributed by atoms with Gasteiger partial charge in [-0.15, -0.1) is 0 Å². The first-order valence-corrected chi connectivity index (χ1v) is 7.57. The molecule has 1 saturated heterocycles. The number of nitrogens with one attached hydrogen (secondary N) is 1. The van der Waals surface area contributed by atoms with Crippen molar-refractivity contribution < 1.29 is 9.59 Å². The number of likely N-dealkylation sites (tertiary alicyclic amines) is 1. The third-order valence-electron chi connectivity index (χ3n) is 3.58. The zero-order chi connectivity index (χ0) is 14.8. The zero-order valence-electron chi connectivity index (χ0n) is 11.8. The molecule has 4 nitrogen and oxygen atoms in total. The summed E-state index contributed by atoms with van der Waals surface area (Å²) < 4.78 is 0.888. The number of benzene rings is 1. The van der Waals surface area contributed by atoms with Crippen LogP contribution in [0.25, 0.3) is 0 Å². The second-order valence-corrected chi connectivity index (χ2v) is 6.50. The number of anilines is 1. The van der Waals surface area contributed by atoms with Crippen LogP contribution in [0.4, 0.5) is 5.69 Å². The molecule has 20 heavy (non-hydrogen) atoms. The van der Waals surface area contributed by atoms with Gasteiger partial charge in [0, 0.05) is 23.2 Å². The third kappa shape index (κ3) is 3.20. The normalized spacial score (nSPS) is 15.2. The molecule has 1 fully saturated rings. The smallest absolute Gasteiger partial charge is 0.239 e. The van der Waals surface area contributed by atoms with Gasteiger partial charge in [0.2, 0.25) is 11.8 Å². The Labute approximate surface area is 127 Å². The summed E-state index contributed by atoms with van der Waals surface area (Å²) in [7, 11) is 0. The molecule has 0 aliphatic carbocycles. The maximum absolute atomic E-state index is 12.4. The highest BCUT2D eigenvalue weighted by Crippen LogP contribution is 2.25. The molecule has 0 spiro atoms. The number of carbonyl (C=O) groups excluding carboxylic acids is 2. The first kappa shape index (κ1) is 15.0. The average molecular weight is 339 g/mol. The molecule has 0 unspecified atom stereocenters. The van der Waals surface area contributed by atoms with Crippen LogP contribution < -0.4 is 5.32 Å². The number of carbonyl (C=O) groups is 2. The molecule has 2 rings (SSSR count). The topological polar surface area (TPSA) is 49.4 Å². The van der Waals surface area contributed by atoms with E-state index in [1.54, 1.807) is 24.8 Å². The Hall–Kier alpha value is -1.36. The summed E-state index contributed by atoms with van der Waals surface area (Å²) in [6.07, 6.45) is 2.05. The number of nitrogens with zero attached hydrogens (tertiary/aromatic N) is 1. The summed E-state index contributed by atoms with van der Waals surface area (Å²) in [5.41, 5.74) is -0.362. The van der Waals surface area contributed by atoms with Crippen molar-refractivity contribution in [3.8, 4) is 0 Å². The first-order valence-electron chi connectivity index (χ1n) is 6.77. The fourth-order valence-electron chi connectivity index (χ4n) is 2.27. The van der Waals surface area contributed by atoms with Gasteiger partial charge in [0.05, 0.1) is 0 Å². The lowest BCUT2D eigenvalue weighted by atomic mass is 9.90. The number of amides is 2. The number of rotatable bonds is 3. The Bertz CT molecular complexity index is 522. The molecule has 5 heteroatoms. The van der Waals surface area contributed by atoms with E-state index in [1.165, 1.54) is 0 Å². The van der Waals surface area contributed by atoms with Gasteiger partial charge in [-0.2, -0.15) is 0 Å². The monoisotopic (exact) mass is 338 g/mol. The molecular weight excluding hydrogens is 320 g/mol. The predicted molar refractivity (Wildman–Crippen MR) is 82.4 cm³/mol. The molecule has 0 atom stereocenters. The molecule has 1 heterocycles. The van der Waals surface area contributed by atoms with Crippen molar-refractivity contribution in [2.24, 2.45) is 5.41 Å². The van der Waals surface area contributed by atoms with Crippen molar-refractivity contribution in [3.63, 3.8) is 0 Å². The molecule has 2 amide bonds. The summed E-state index contributed by atoms with van der Waals surface area (Å²) in [6, 6.07) is 7.35. The molecule has 0 radical (unpaired) electrons. The second-order valence-electron chi connectivity index (χ2n) is 5.59. The lowest BCUT2D eigenvalue weighted by Crippen LogP contribution is -2.46. The van der Waals surface area contributed by atoms with Crippen LogP contribution in [0.1, 0.15) is 26.7 Å². The number of hydrogen-bond acceptors (Lipinski definition) is 2. The summed E-state index contributed by atoms with van der Waals surface area (Å²) in [5, 5.41) is 2.81. The molecule has 0 aromatic heterocycles. The quantitative estimate of drug-likeness (QED) is 0.861. The minimum Gasteiger partial charge on any atom is -0.342 e. The molecule has 1 aliphatic rings. The van der Waals surface area contributed by atoms with Crippen molar-refractivity contribution >= 4 is 33.4 Å². The number of hydrogen-bond donors (Lipinski definition) is 1. The third-order valence-corrected chi connectivity index (χ3v) is 4.07. The van der Waals surface area contributed by atoms with Gasteiger partial charge < -0.3 is 10.2 Å². The van der Waals surface area contributed by atoms with E-state index >= 15 is 0 Å². The molecule has 1 N–H and O–H groups in total. The van der Waals surface area contributed by atoms with Crippen LogP contribution in [0.15, 0.2) is 28.7 Å². The predicted octanol–water partition coefficient (Wildman–Crippen LogP) is 3.04. The highest BCUT2D eigenvalue weighted by atomic mass is 79.9. The SMILES string of the molecule is CC(C)(C(=O)Nc1cccc(Br)c1)C(=O)N1CCCC1. The number of halogens is 1. The Kier molecular flexibility index (Phi) is 4.48. The molecule has 1 aliphatic heterocycles. The maximum Gasteiger partial charge on any atom is 0.239 e. The highest BCUT2D eigenvalue weighted by molar-refractivity contribution is 9.10. The van der Waals surface area contributed by atoms with Crippen LogP contribution in [-0.2, 0) is 9.59 Å². The average Bonchev–Trinajstić information content (AvgIpc) is 2.91. The van der Waals surface area contributed by atoms with Gasteiger partial charge in [-0.25, -0.2) is 0 Å². The highest BCUT2D eigenvalue weighted by Gasteiger charge is 2.39. The Morgan fingerprint density at radius 3 is 2.50 bits per heavy atom. The van der Waals surface area contributed by atoms with Crippen molar-refractivity contribution in [1.29, 1.82) is 0 Å². The van der Waals surface area contributed by atoms with E-state index in [-0.39, 0.29) is 11.8 Å². The summed E-state index contributed by atoms with van der Waals surface area (Å²) in [5.74, 6) is -0.366. The van der Waals surface area contributed by atoms with Crippen molar-refractivity contribution in [2.75, 3.05) is 18.4 Å². The van der Waals surface area contributed by atoms with Crippen LogP contribution in [-0.4, -0.2) is 29.8 Å². The van der Waals surface area contributed by atoms with Gasteiger partial charge in [-0.3, -0.25) is 9.59 Å². The van der Waals surface area contributed by atoms with Crippen LogP contribution in [0, 0.1) is 5.41 Å². The lowest BCUT2D eigenvalue weighted by molar-refractivity contribution is -0.145. The molecule has 0 bridgehead atoms. The molecule has 0 saturated carbocycles. The Morgan fingerprint density at radius 1 is 1.25 bits per heavy atom. The van der Waals surface area contributed by atoms with E-state index < -0.39 is 5.41 Å². The van der Waals surface area contributed by atoms with Crippen LogP contribution in [0.3, 0.4) is 0 Å². The molecule has 108 valence electrons. The van der Waals surface area contributed by atoms with Crippen LogP contribution in [0.2, 0.25) is 0 Å². The Balaban J connectivity index is 2.08. The maximum atomic E-state index is 12.4. The fourth-order valence-corrected chi connectivity index (χ4v) is 2.67. The standard InChI is InChI=1S/C15H19BrN2O2/c1-15(2,14(20)18-8-3-4-9-18)13(19)17-12-7-5-6-11(16)10-12/h5-7,10H,3-4,8-9H2,1-2H3,(H,17,19). The van der Waals surface area contributed by atoms with Crippen molar-refractivity contribution in [3.05, 3.63) is 28.7 Å². The van der Waals surface area contributed by atoms with E-state index in [1.807, 2.05) is 18.2 Å². The van der Waals surface area contributed by atoms with E-state index in [0.717, 1.165) is 30.4 Å². The molecule has 1 aromatic carbocycles. The van der Waals surface area contributed by atoms with Crippen LogP contribution in [0.5, 0.6) is 0 Å². The zero-order valence-corrected chi connectivity index (χ0v) is 13.4. The largest absolute Gasteiger partial charge is 0.342 e. The van der Waals surface area contributed by atoms with Gasteiger partial charge in [0.15, 0.2) is 0 Å². The van der Waals surface area contributed by atoms with Crippen molar-refractivity contribution in [1.82, 2.24) is 4.90 Å². The van der Waals surface area contributed by atoms with Gasteiger partial charge >= 0.3 is 0 Å². The van der Waals surface area contributed by atoms with Gasteiger partial charge in [0.25, 0.3) is 0 Å². The van der Waals surface area contributed by atoms with E-state index in [4.69, 9.17) is 0 Å². The minimum absolute atomic E-state index is 0.0949. The van der Waals surface area contributed by atoms with E-state index in [2.05, 4.69) is 21.2 Å². The molecular formula is C15H19BrN2O2. The summed E-state index contributed by atoms with van der Waals surface area (Å²) in [6.45, 7) is 4.88. The summed E-state index contributed by atoms with van der Waals surface area (Å²) >= 11 is 3.36. The lowest BCUT2D eigenvalue weighted by Gasteiger charge is -2.28. The van der Waals surface area contributed by atoms with E-state index in [0.29, 0.717) is 5.69 Å². The minimum atomic E-state index is -1.05.